The van der Waals surface area contributed by atoms with E-state index < -0.39 is 12.3 Å². The van der Waals surface area contributed by atoms with E-state index in [0.29, 0.717) is 18.5 Å². The zero-order valence-corrected chi connectivity index (χ0v) is 9.79. The molecule has 0 bridgehead atoms. The Morgan fingerprint density at radius 3 is 2.33 bits per heavy atom. The summed E-state index contributed by atoms with van der Waals surface area (Å²) in [4.78, 5) is 11.3. The zero-order chi connectivity index (χ0) is 13.8. The molecule has 1 aromatic carbocycles. The molecule has 18 heavy (non-hydrogen) atoms. The predicted octanol–water partition coefficient (Wildman–Crippen LogP) is 3.02. The van der Waals surface area contributed by atoms with Crippen molar-refractivity contribution in [3.05, 3.63) is 29.8 Å². The molecule has 0 radical (unpaired) electrons. The van der Waals surface area contributed by atoms with E-state index in [1.54, 1.807) is 0 Å². The van der Waals surface area contributed by atoms with Crippen LogP contribution in [0.3, 0.4) is 0 Å². The van der Waals surface area contributed by atoms with Gasteiger partial charge >= 0.3 is 6.18 Å². The lowest BCUT2D eigenvalue weighted by molar-refractivity contribution is -0.206. The van der Waals surface area contributed by atoms with Gasteiger partial charge in [-0.3, -0.25) is 4.79 Å². The average molecular weight is 261 g/mol. The molecular formula is C12H14F3NO2. The van der Waals surface area contributed by atoms with Crippen LogP contribution in [0, 0.1) is 0 Å². The highest BCUT2D eigenvalue weighted by Gasteiger charge is 2.39. The Labute approximate surface area is 103 Å². The van der Waals surface area contributed by atoms with Crippen molar-refractivity contribution in [3.63, 3.8) is 0 Å². The van der Waals surface area contributed by atoms with Gasteiger partial charge in [0.2, 0.25) is 5.91 Å². The molecule has 2 N–H and O–H groups in total. The Kier molecular flexibility index (Phi) is 4.72. The molecule has 0 aromatic heterocycles. The van der Waals surface area contributed by atoms with E-state index >= 15 is 0 Å². The zero-order valence-electron chi connectivity index (χ0n) is 9.79. The molecule has 0 aliphatic heterocycles. The van der Waals surface area contributed by atoms with Crippen LogP contribution in [-0.4, -0.2) is 17.2 Å². The van der Waals surface area contributed by atoms with Crippen LogP contribution >= 0.6 is 0 Å². The minimum atomic E-state index is -4.69. The number of carbonyl (C=O) groups is 1. The molecule has 0 heterocycles. The van der Waals surface area contributed by atoms with Crippen LogP contribution in [0.1, 0.15) is 31.4 Å². The van der Waals surface area contributed by atoms with Gasteiger partial charge in [0.25, 0.3) is 0 Å². The van der Waals surface area contributed by atoms with Crippen LogP contribution in [0.25, 0.3) is 0 Å². The lowest BCUT2D eigenvalue weighted by atomic mass is 10.1. The molecular weight excluding hydrogens is 247 g/mol. The summed E-state index contributed by atoms with van der Waals surface area (Å²) in [6, 6.07) is 4.94. The van der Waals surface area contributed by atoms with Crippen LogP contribution in [-0.2, 0) is 4.79 Å². The topological polar surface area (TPSA) is 49.3 Å². The van der Waals surface area contributed by atoms with E-state index in [2.05, 4.69) is 5.32 Å². The van der Waals surface area contributed by atoms with Gasteiger partial charge in [0.05, 0.1) is 0 Å². The smallest absolute Gasteiger partial charge is 0.379 e. The van der Waals surface area contributed by atoms with E-state index in [1.165, 1.54) is 12.1 Å². The minimum absolute atomic E-state index is 0.193. The second-order valence-corrected chi connectivity index (χ2v) is 3.86. The van der Waals surface area contributed by atoms with Crippen LogP contribution in [0.15, 0.2) is 24.3 Å². The maximum absolute atomic E-state index is 12.2. The van der Waals surface area contributed by atoms with Gasteiger partial charge in [-0.15, -0.1) is 0 Å². The summed E-state index contributed by atoms with van der Waals surface area (Å²) in [5.74, 6) is -0.193. The van der Waals surface area contributed by atoms with Gasteiger partial charge in [0, 0.05) is 12.1 Å². The molecule has 100 valence electrons. The Morgan fingerprint density at radius 1 is 1.33 bits per heavy atom. The fourth-order valence-corrected chi connectivity index (χ4v) is 1.39. The molecule has 0 spiro atoms. The van der Waals surface area contributed by atoms with Crippen LogP contribution < -0.4 is 5.32 Å². The first kappa shape index (κ1) is 14.5. The van der Waals surface area contributed by atoms with Crippen molar-refractivity contribution < 1.29 is 23.1 Å². The van der Waals surface area contributed by atoms with Crippen molar-refractivity contribution in [2.75, 3.05) is 5.32 Å². The number of aliphatic hydroxyl groups is 1. The lowest BCUT2D eigenvalue weighted by Crippen LogP contribution is -2.20. The number of amides is 1. The quantitative estimate of drug-likeness (QED) is 0.875. The number of aliphatic hydroxyl groups excluding tert-OH is 1. The van der Waals surface area contributed by atoms with Crippen LogP contribution in [0.5, 0.6) is 0 Å². The summed E-state index contributed by atoms with van der Waals surface area (Å²) < 4.78 is 36.7. The fraction of sp³-hybridized carbons (Fsp3) is 0.417. The van der Waals surface area contributed by atoms with Crippen LogP contribution in [0.2, 0.25) is 0 Å². The molecule has 0 saturated carbocycles. The summed E-state index contributed by atoms with van der Waals surface area (Å²) in [6.45, 7) is 1.85. The Balaban J connectivity index is 2.71. The van der Waals surface area contributed by atoms with Gasteiger partial charge in [-0.25, -0.2) is 0 Å². The highest BCUT2D eigenvalue weighted by molar-refractivity contribution is 5.90. The van der Waals surface area contributed by atoms with Crippen molar-refractivity contribution in [3.8, 4) is 0 Å². The number of halogens is 3. The van der Waals surface area contributed by atoms with E-state index in [9.17, 15) is 18.0 Å². The third kappa shape index (κ3) is 4.03. The molecule has 0 aliphatic carbocycles. The SMILES string of the molecule is CCCC(=O)Nc1ccc(C(O)C(F)(F)F)cc1. The van der Waals surface area contributed by atoms with Crippen molar-refractivity contribution in [2.45, 2.75) is 32.0 Å². The Hall–Kier alpha value is -1.56. The first-order chi connectivity index (χ1) is 8.34. The second-order valence-electron chi connectivity index (χ2n) is 3.86. The maximum Gasteiger partial charge on any atom is 0.418 e. The second kappa shape index (κ2) is 5.86. The molecule has 1 amide bonds. The number of nitrogens with one attached hydrogen (secondary N) is 1. The largest absolute Gasteiger partial charge is 0.418 e. The molecule has 0 saturated heterocycles. The van der Waals surface area contributed by atoms with Crippen molar-refractivity contribution in [1.82, 2.24) is 0 Å². The predicted molar refractivity (Wildman–Crippen MR) is 61.0 cm³/mol. The number of hydrogen-bond acceptors (Lipinski definition) is 2. The first-order valence-corrected chi connectivity index (χ1v) is 5.49. The van der Waals surface area contributed by atoms with Crippen molar-refractivity contribution in [2.24, 2.45) is 0 Å². The van der Waals surface area contributed by atoms with E-state index in [1.807, 2.05) is 6.92 Å². The monoisotopic (exact) mass is 261 g/mol. The third-order valence-corrected chi connectivity index (χ3v) is 2.30. The fourth-order valence-electron chi connectivity index (χ4n) is 1.39. The lowest BCUT2D eigenvalue weighted by Gasteiger charge is -2.15. The summed E-state index contributed by atoms with van der Waals surface area (Å²) in [6.07, 6.45) is -6.14. The number of anilines is 1. The van der Waals surface area contributed by atoms with Gasteiger partial charge in [0.1, 0.15) is 0 Å². The van der Waals surface area contributed by atoms with Crippen molar-refractivity contribution in [1.29, 1.82) is 0 Å². The van der Waals surface area contributed by atoms with Gasteiger partial charge in [-0.1, -0.05) is 19.1 Å². The summed E-state index contributed by atoms with van der Waals surface area (Å²) >= 11 is 0. The van der Waals surface area contributed by atoms with Crippen molar-refractivity contribution >= 4 is 11.6 Å². The molecule has 1 aromatic rings. The average Bonchev–Trinajstić information content (AvgIpc) is 2.28. The number of benzene rings is 1. The molecule has 3 nitrogen and oxygen atoms in total. The standard InChI is InChI=1S/C12H14F3NO2/c1-2-3-10(17)16-9-6-4-8(5-7-9)11(18)12(13,14)15/h4-7,11,18H,2-3H2,1H3,(H,16,17). The van der Waals surface area contributed by atoms with Gasteiger partial charge in [0.15, 0.2) is 6.10 Å². The van der Waals surface area contributed by atoms with E-state index in [4.69, 9.17) is 5.11 Å². The third-order valence-electron chi connectivity index (χ3n) is 2.30. The molecule has 0 fully saturated rings. The molecule has 1 unspecified atom stereocenters. The Morgan fingerprint density at radius 2 is 1.89 bits per heavy atom. The summed E-state index contributed by atoms with van der Waals surface area (Å²) in [7, 11) is 0. The summed E-state index contributed by atoms with van der Waals surface area (Å²) in [5.41, 5.74) is 0.155. The first-order valence-electron chi connectivity index (χ1n) is 5.49. The van der Waals surface area contributed by atoms with Gasteiger partial charge in [-0.2, -0.15) is 13.2 Å². The number of alkyl halides is 3. The maximum atomic E-state index is 12.2. The molecule has 6 heteroatoms. The Bertz CT molecular complexity index is 401. The number of hydrogen-bond donors (Lipinski definition) is 2. The van der Waals surface area contributed by atoms with E-state index in [-0.39, 0.29) is 11.5 Å². The minimum Gasteiger partial charge on any atom is -0.379 e. The molecule has 1 atom stereocenters. The number of carbonyl (C=O) groups excluding carboxylic acids is 1. The van der Waals surface area contributed by atoms with Crippen LogP contribution in [0.4, 0.5) is 18.9 Å². The highest BCUT2D eigenvalue weighted by atomic mass is 19.4. The number of rotatable bonds is 4. The van der Waals surface area contributed by atoms with Gasteiger partial charge in [-0.05, 0) is 24.1 Å². The molecule has 1 rings (SSSR count). The van der Waals surface area contributed by atoms with Gasteiger partial charge < -0.3 is 10.4 Å². The molecule has 0 aliphatic rings. The van der Waals surface area contributed by atoms with E-state index in [0.717, 1.165) is 12.1 Å². The normalized spacial score (nSPS) is 13.2. The summed E-state index contributed by atoms with van der Waals surface area (Å²) in [5, 5.41) is 11.5. The highest BCUT2D eigenvalue weighted by Crippen LogP contribution is 2.32.